The number of rotatable bonds is 6. The molecule has 0 radical (unpaired) electrons. The van der Waals surface area contributed by atoms with Crippen LogP contribution in [0.3, 0.4) is 0 Å². The summed E-state index contributed by atoms with van der Waals surface area (Å²) in [7, 11) is -3.24. The van der Waals surface area contributed by atoms with Crippen molar-refractivity contribution < 1.29 is 13.2 Å². The number of amides is 1. The van der Waals surface area contributed by atoms with Gasteiger partial charge in [0.2, 0.25) is 0 Å². The molecule has 0 bridgehead atoms. The lowest BCUT2D eigenvalue weighted by Gasteiger charge is -2.14. The molecular weight excluding hydrogens is 404 g/mol. The van der Waals surface area contributed by atoms with Crippen molar-refractivity contribution in [2.24, 2.45) is 0 Å². The molecule has 3 aromatic rings. The molecule has 152 valence electrons. The normalized spacial score (nSPS) is 12.7. The van der Waals surface area contributed by atoms with Crippen LogP contribution in [0.1, 0.15) is 54.3 Å². The topological polar surface area (TPSA) is 76.1 Å². The molecule has 1 N–H and O–H groups in total. The summed E-state index contributed by atoms with van der Waals surface area (Å²) in [6.45, 7) is 6.15. The van der Waals surface area contributed by atoms with Crippen LogP contribution in [0, 0.1) is 0 Å². The third-order valence-corrected chi connectivity index (χ3v) is 6.74. The molecule has 0 saturated carbocycles. The van der Waals surface area contributed by atoms with Crippen LogP contribution in [-0.4, -0.2) is 25.6 Å². The Balaban J connectivity index is 1.69. The minimum Gasteiger partial charge on any atom is -0.344 e. The molecule has 1 amide bonds. The number of nitrogens with zero attached hydrogens (tertiary/aromatic N) is 1. The second-order valence-electron chi connectivity index (χ2n) is 7.35. The van der Waals surface area contributed by atoms with E-state index in [1.165, 1.54) is 23.2 Å². The van der Waals surface area contributed by atoms with Crippen LogP contribution in [0.5, 0.6) is 0 Å². The van der Waals surface area contributed by atoms with E-state index in [2.05, 4.69) is 36.3 Å². The maximum Gasteiger partial charge on any atom is 0.271 e. The van der Waals surface area contributed by atoms with Gasteiger partial charge in [-0.2, -0.15) is 0 Å². The fraction of sp³-hybridized carbons (Fsp3) is 0.273. The first-order chi connectivity index (χ1) is 13.6. The van der Waals surface area contributed by atoms with Crippen molar-refractivity contribution in [2.75, 3.05) is 6.26 Å². The predicted octanol–water partition coefficient (Wildman–Crippen LogP) is 4.83. The number of hydrogen-bond donors (Lipinski definition) is 1. The molecule has 1 aromatic heterocycles. The Morgan fingerprint density at radius 2 is 1.55 bits per heavy atom. The first-order valence-electron chi connectivity index (χ1n) is 9.32. The highest BCUT2D eigenvalue weighted by Gasteiger charge is 2.16. The first kappa shape index (κ1) is 21.2. The smallest absolute Gasteiger partial charge is 0.271 e. The van der Waals surface area contributed by atoms with E-state index in [0.29, 0.717) is 11.6 Å². The van der Waals surface area contributed by atoms with Gasteiger partial charge in [0.15, 0.2) is 9.84 Å². The molecule has 0 aliphatic carbocycles. The Hall–Kier alpha value is -2.51. The molecule has 1 atom stereocenters. The van der Waals surface area contributed by atoms with Crippen LogP contribution in [-0.2, 0) is 9.84 Å². The first-order valence-corrected chi connectivity index (χ1v) is 12.1. The highest BCUT2D eigenvalue weighted by atomic mass is 32.2. The van der Waals surface area contributed by atoms with Crippen molar-refractivity contribution in [1.29, 1.82) is 0 Å². The predicted molar refractivity (Wildman–Crippen MR) is 117 cm³/mol. The SMILES string of the molecule is CC(C)c1ccc(-c2nc(C(=O)N[C@@H](C)c3ccc(S(C)(=O)=O)cc3)cs2)cc1. The van der Waals surface area contributed by atoms with Crippen LogP contribution >= 0.6 is 11.3 Å². The van der Waals surface area contributed by atoms with Gasteiger partial charge < -0.3 is 5.32 Å². The number of carbonyl (C=O) groups excluding carboxylic acids is 1. The van der Waals surface area contributed by atoms with Crippen LogP contribution < -0.4 is 5.32 Å². The summed E-state index contributed by atoms with van der Waals surface area (Å²) in [6, 6.07) is 14.5. The maximum atomic E-state index is 12.6. The van der Waals surface area contributed by atoms with Gasteiger partial charge in [0.05, 0.1) is 10.9 Å². The fourth-order valence-electron chi connectivity index (χ4n) is 2.88. The quantitative estimate of drug-likeness (QED) is 0.610. The second kappa shape index (κ2) is 8.47. The largest absolute Gasteiger partial charge is 0.344 e. The van der Waals surface area contributed by atoms with Gasteiger partial charge in [-0.3, -0.25) is 4.79 Å². The molecule has 0 saturated heterocycles. The van der Waals surface area contributed by atoms with E-state index in [1.807, 2.05) is 19.1 Å². The van der Waals surface area contributed by atoms with E-state index in [-0.39, 0.29) is 16.8 Å². The summed E-state index contributed by atoms with van der Waals surface area (Å²) >= 11 is 1.43. The molecule has 0 aliphatic rings. The Morgan fingerprint density at radius 3 is 2.10 bits per heavy atom. The number of aromatic nitrogens is 1. The van der Waals surface area contributed by atoms with Crippen LogP contribution in [0.25, 0.3) is 10.6 Å². The van der Waals surface area contributed by atoms with E-state index in [9.17, 15) is 13.2 Å². The zero-order chi connectivity index (χ0) is 21.2. The van der Waals surface area contributed by atoms with Crippen molar-refractivity contribution >= 4 is 27.1 Å². The number of carbonyl (C=O) groups is 1. The molecule has 1 heterocycles. The monoisotopic (exact) mass is 428 g/mol. The van der Waals surface area contributed by atoms with Crippen molar-refractivity contribution in [1.82, 2.24) is 10.3 Å². The zero-order valence-electron chi connectivity index (χ0n) is 16.8. The van der Waals surface area contributed by atoms with Crippen LogP contribution in [0.15, 0.2) is 58.8 Å². The van der Waals surface area contributed by atoms with E-state index >= 15 is 0 Å². The minimum absolute atomic E-state index is 0.257. The van der Waals surface area contributed by atoms with Crippen molar-refractivity contribution in [3.05, 3.63) is 70.7 Å². The molecule has 0 spiro atoms. The summed E-state index contributed by atoms with van der Waals surface area (Å²) in [5.41, 5.74) is 3.45. The number of nitrogens with one attached hydrogen (secondary N) is 1. The summed E-state index contributed by atoms with van der Waals surface area (Å²) in [5, 5.41) is 5.47. The molecule has 29 heavy (non-hydrogen) atoms. The van der Waals surface area contributed by atoms with Crippen molar-refractivity contribution in [3.8, 4) is 10.6 Å². The van der Waals surface area contributed by atoms with Crippen LogP contribution in [0.2, 0.25) is 0 Å². The molecule has 0 unspecified atom stereocenters. The summed E-state index contributed by atoms with van der Waals surface area (Å²) in [6.07, 6.45) is 1.17. The Kier molecular flexibility index (Phi) is 6.19. The third kappa shape index (κ3) is 5.10. The van der Waals surface area contributed by atoms with Gasteiger partial charge in [-0.1, -0.05) is 50.2 Å². The van der Waals surface area contributed by atoms with E-state index < -0.39 is 9.84 Å². The zero-order valence-corrected chi connectivity index (χ0v) is 18.5. The maximum absolute atomic E-state index is 12.6. The number of hydrogen-bond acceptors (Lipinski definition) is 5. The van der Waals surface area contributed by atoms with Gasteiger partial charge in [0.25, 0.3) is 5.91 Å². The van der Waals surface area contributed by atoms with Gasteiger partial charge in [0, 0.05) is 17.2 Å². The summed E-state index contributed by atoms with van der Waals surface area (Å²) in [5.74, 6) is 0.209. The van der Waals surface area contributed by atoms with Crippen molar-refractivity contribution in [2.45, 2.75) is 37.6 Å². The summed E-state index contributed by atoms with van der Waals surface area (Å²) in [4.78, 5) is 17.3. The molecule has 2 aromatic carbocycles. The lowest BCUT2D eigenvalue weighted by Crippen LogP contribution is -2.26. The number of thiazole rings is 1. The Morgan fingerprint density at radius 1 is 0.966 bits per heavy atom. The molecule has 3 rings (SSSR count). The van der Waals surface area contributed by atoms with E-state index in [4.69, 9.17) is 0 Å². The van der Waals surface area contributed by atoms with Gasteiger partial charge >= 0.3 is 0 Å². The average molecular weight is 429 g/mol. The number of benzene rings is 2. The van der Waals surface area contributed by atoms with Gasteiger partial charge in [-0.25, -0.2) is 13.4 Å². The molecule has 0 aliphatic heterocycles. The summed E-state index contributed by atoms with van der Waals surface area (Å²) < 4.78 is 23.1. The van der Waals surface area contributed by atoms with E-state index in [0.717, 1.165) is 16.1 Å². The highest BCUT2D eigenvalue weighted by molar-refractivity contribution is 7.90. The third-order valence-electron chi connectivity index (χ3n) is 4.72. The Bertz CT molecular complexity index is 1100. The number of sulfone groups is 1. The minimum atomic E-state index is -3.24. The molecule has 7 heteroatoms. The standard InChI is InChI=1S/C22H24N2O3S2/c1-14(2)16-5-7-18(8-6-16)22-24-20(13-28-22)21(25)23-15(3)17-9-11-19(12-10-17)29(4,26)27/h5-15H,1-4H3,(H,23,25)/t15-/m0/s1. The van der Waals surface area contributed by atoms with Gasteiger partial charge in [-0.15, -0.1) is 11.3 Å². The fourth-order valence-corrected chi connectivity index (χ4v) is 4.32. The lowest BCUT2D eigenvalue weighted by molar-refractivity contribution is 0.0935. The molecule has 0 fully saturated rings. The highest BCUT2D eigenvalue weighted by Crippen LogP contribution is 2.26. The van der Waals surface area contributed by atoms with Crippen molar-refractivity contribution in [3.63, 3.8) is 0 Å². The van der Waals surface area contributed by atoms with Gasteiger partial charge in [-0.05, 0) is 36.1 Å². The second-order valence-corrected chi connectivity index (χ2v) is 10.2. The van der Waals surface area contributed by atoms with Gasteiger partial charge in [0.1, 0.15) is 10.7 Å². The average Bonchev–Trinajstić information content (AvgIpc) is 3.18. The van der Waals surface area contributed by atoms with E-state index in [1.54, 1.807) is 29.6 Å². The van der Waals surface area contributed by atoms with Crippen LogP contribution in [0.4, 0.5) is 0 Å². The molecular formula is C22H24N2O3S2. The lowest BCUT2D eigenvalue weighted by atomic mass is 10.0. The Labute approximate surface area is 175 Å². The molecule has 5 nitrogen and oxygen atoms in total.